The van der Waals surface area contributed by atoms with E-state index in [4.69, 9.17) is 4.74 Å². The van der Waals surface area contributed by atoms with Crippen molar-refractivity contribution in [2.75, 3.05) is 11.8 Å². The molecule has 0 atom stereocenters. The van der Waals surface area contributed by atoms with Crippen molar-refractivity contribution in [1.82, 2.24) is 0 Å². The van der Waals surface area contributed by atoms with Gasteiger partial charge in [0.25, 0.3) is 10.0 Å². The van der Waals surface area contributed by atoms with Gasteiger partial charge in [0, 0.05) is 5.69 Å². The monoisotopic (exact) mass is 363 g/mol. The molecular formula is C18H21NO5S. The minimum absolute atomic E-state index is 0.103. The third kappa shape index (κ3) is 4.73. The predicted molar refractivity (Wildman–Crippen MR) is 95.8 cm³/mol. The van der Waals surface area contributed by atoms with Gasteiger partial charge in [-0.15, -0.1) is 0 Å². The molecule has 0 fully saturated rings. The molecule has 0 radical (unpaired) electrons. The number of anilines is 1. The van der Waals surface area contributed by atoms with Gasteiger partial charge in [0.05, 0.1) is 12.0 Å². The first-order valence-corrected chi connectivity index (χ1v) is 9.38. The number of benzene rings is 2. The molecule has 0 aliphatic carbocycles. The van der Waals surface area contributed by atoms with Crippen LogP contribution < -0.4 is 9.46 Å². The first-order chi connectivity index (χ1) is 11.9. The van der Waals surface area contributed by atoms with Crippen molar-refractivity contribution in [2.24, 2.45) is 0 Å². The SMILES string of the molecule is CCCCc1ccc(NS(=O)(=O)c2ccc(OC)c(C(=O)O)c2)cc1. The van der Waals surface area contributed by atoms with Crippen LogP contribution in [0.4, 0.5) is 5.69 Å². The van der Waals surface area contributed by atoms with Crippen LogP contribution >= 0.6 is 0 Å². The zero-order valence-corrected chi connectivity index (χ0v) is 15.0. The summed E-state index contributed by atoms with van der Waals surface area (Å²) in [6.45, 7) is 2.11. The van der Waals surface area contributed by atoms with Gasteiger partial charge >= 0.3 is 5.97 Å². The Bertz CT molecular complexity index is 844. The smallest absolute Gasteiger partial charge is 0.339 e. The van der Waals surface area contributed by atoms with E-state index in [2.05, 4.69) is 11.6 Å². The van der Waals surface area contributed by atoms with Crippen molar-refractivity contribution in [1.29, 1.82) is 0 Å². The molecule has 2 aromatic carbocycles. The molecule has 0 heterocycles. The topological polar surface area (TPSA) is 92.7 Å². The zero-order valence-electron chi connectivity index (χ0n) is 14.2. The molecule has 0 bridgehead atoms. The standard InChI is InChI=1S/C18H21NO5S/c1-3-4-5-13-6-8-14(9-7-13)19-25(22,23)15-10-11-17(24-2)16(12-15)18(20)21/h6-12,19H,3-5H2,1-2H3,(H,20,21). The Morgan fingerprint density at radius 1 is 1.16 bits per heavy atom. The van der Waals surface area contributed by atoms with Gasteiger partial charge in [0.2, 0.25) is 0 Å². The average molecular weight is 363 g/mol. The van der Waals surface area contributed by atoms with E-state index >= 15 is 0 Å². The second-order valence-electron chi connectivity index (χ2n) is 5.57. The summed E-state index contributed by atoms with van der Waals surface area (Å²) in [6.07, 6.45) is 3.12. The third-order valence-electron chi connectivity index (χ3n) is 3.74. The van der Waals surface area contributed by atoms with Crippen molar-refractivity contribution >= 4 is 21.7 Å². The van der Waals surface area contributed by atoms with E-state index in [0.717, 1.165) is 30.9 Å². The lowest BCUT2D eigenvalue weighted by molar-refractivity contribution is 0.0693. The molecule has 6 nitrogen and oxygen atoms in total. The number of carbonyl (C=O) groups is 1. The van der Waals surface area contributed by atoms with Crippen LogP contribution in [0.3, 0.4) is 0 Å². The van der Waals surface area contributed by atoms with Gasteiger partial charge in [-0.05, 0) is 48.7 Å². The maximum absolute atomic E-state index is 12.5. The van der Waals surface area contributed by atoms with E-state index < -0.39 is 16.0 Å². The molecule has 0 saturated heterocycles. The highest BCUT2D eigenvalue weighted by molar-refractivity contribution is 7.92. The summed E-state index contributed by atoms with van der Waals surface area (Å²) in [5, 5.41) is 9.18. The molecule has 7 heteroatoms. The van der Waals surface area contributed by atoms with E-state index in [0.29, 0.717) is 5.69 Å². The van der Waals surface area contributed by atoms with Crippen LogP contribution in [-0.2, 0) is 16.4 Å². The average Bonchev–Trinajstić information content (AvgIpc) is 2.60. The minimum Gasteiger partial charge on any atom is -0.496 e. The van der Waals surface area contributed by atoms with Gasteiger partial charge in [-0.1, -0.05) is 25.5 Å². The fourth-order valence-electron chi connectivity index (χ4n) is 2.36. The van der Waals surface area contributed by atoms with Gasteiger partial charge < -0.3 is 9.84 Å². The summed E-state index contributed by atoms with van der Waals surface area (Å²) in [4.78, 5) is 11.1. The number of hydrogen-bond donors (Lipinski definition) is 2. The van der Waals surface area contributed by atoms with Gasteiger partial charge in [-0.3, -0.25) is 4.72 Å². The predicted octanol–water partition coefficient (Wildman–Crippen LogP) is 3.54. The number of aryl methyl sites for hydroxylation is 1. The number of methoxy groups -OCH3 is 1. The first-order valence-electron chi connectivity index (χ1n) is 7.90. The normalized spacial score (nSPS) is 11.1. The zero-order chi connectivity index (χ0) is 18.4. The maximum atomic E-state index is 12.5. The third-order valence-corrected chi connectivity index (χ3v) is 5.12. The summed E-state index contributed by atoms with van der Waals surface area (Å²) in [5.74, 6) is -1.15. The Morgan fingerprint density at radius 2 is 1.84 bits per heavy atom. The molecule has 2 N–H and O–H groups in total. The number of unbranched alkanes of at least 4 members (excludes halogenated alkanes) is 1. The number of nitrogens with one attached hydrogen (secondary N) is 1. The highest BCUT2D eigenvalue weighted by Crippen LogP contribution is 2.24. The van der Waals surface area contributed by atoms with Crippen molar-refractivity contribution in [3.05, 3.63) is 53.6 Å². The maximum Gasteiger partial charge on any atom is 0.339 e. The molecule has 134 valence electrons. The number of carboxylic acid groups (broad SMARTS) is 1. The molecule has 0 saturated carbocycles. The van der Waals surface area contributed by atoms with Gasteiger partial charge in [-0.2, -0.15) is 0 Å². The lowest BCUT2D eigenvalue weighted by Gasteiger charge is -2.11. The van der Waals surface area contributed by atoms with Crippen molar-refractivity contribution < 1.29 is 23.1 Å². The quantitative estimate of drug-likeness (QED) is 0.748. The summed E-state index contributed by atoms with van der Waals surface area (Å²) in [6, 6.07) is 10.9. The van der Waals surface area contributed by atoms with E-state index in [1.165, 1.54) is 19.2 Å². The van der Waals surface area contributed by atoms with E-state index in [1.807, 2.05) is 12.1 Å². The number of aromatic carboxylic acids is 1. The minimum atomic E-state index is -3.89. The molecule has 0 unspecified atom stereocenters. The molecular weight excluding hydrogens is 342 g/mol. The van der Waals surface area contributed by atoms with Crippen LogP contribution in [0.2, 0.25) is 0 Å². The van der Waals surface area contributed by atoms with Crippen LogP contribution in [0.5, 0.6) is 5.75 Å². The number of sulfonamides is 1. The second kappa shape index (κ2) is 8.02. The van der Waals surface area contributed by atoms with Crippen molar-refractivity contribution in [3.8, 4) is 5.75 Å². The number of rotatable bonds is 8. The summed E-state index contributed by atoms with van der Waals surface area (Å²) >= 11 is 0. The lowest BCUT2D eigenvalue weighted by Crippen LogP contribution is -2.14. The number of ether oxygens (including phenoxy) is 1. The molecule has 0 aliphatic rings. The summed E-state index contributed by atoms with van der Waals surface area (Å²) < 4.78 is 32.4. The van der Waals surface area contributed by atoms with E-state index in [1.54, 1.807) is 12.1 Å². The Balaban J connectivity index is 2.24. The molecule has 2 rings (SSSR count). The van der Waals surface area contributed by atoms with E-state index in [9.17, 15) is 18.3 Å². The van der Waals surface area contributed by atoms with Crippen molar-refractivity contribution in [3.63, 3.8) is 0 Å². The summed E-state index contributed by atoms with van der Waals surface area (Å²) in [7, 11) is -2.57. The number of hydrogen-bond acceptors (Lipinski definition) is 4. The lowest BCUT2D eigenvalue weighted by atomic mass is 10.1. The molecule has 25 heavy (non-hydrogen) atoms. The molecule has 0 aromatic heterocycles. The van der Waals surface area contributed by atoms with Crippen LogP contribution in [0.25, 0.3) is 0 Å². The van der Waals surface area contributed by atoms with Crippen LogP contribution in [-0.4, -0.2) is 26.6 Å². The Morgan fingerprint density at radius 3 is 2.40 bits per heavy atom. The van der Waals surface area contributed by atoms with Crippen LogP contribution in [0.15, 0.2) is 47.4 Å². The fraction of sp³-hybridized carbons (Fsp3) is 0.278. The van der Waals surface area contributed by atoms with Gasteiger partial charge in [0.15, 0.2) is 0 Å². The molecule has 2 aromatic rings. The van der Waals surface area contributed by atoms with Gasteiger partial charge in [-0.25, -0.2) is 13.2 Å². The van der Waals surface area contributed by atoms with Crippen LogP contribution in [0.1, 0.15) is 35.7 Å². The summed E-state index contributed by atoms with van der Waals surface area (Å²) in [5.41, 5.74) is 1.36. The highest BCUT2D eigenvalue weighted by atomic mass is 32.2. The van der Waals surface area contributed by atoms with Crippen LogP contribution in [0, 0.1) is 0 Å². The molecule has 0 spiro atoms. The number of carboxylic acids is 1. The van der Waals surface area contributed by atoms with Gasteiger partial charge in [0.1, 0.15) is 11.3 Å². The van der Waals surface area contributed by atoms with Crippen molar-refractivity contribution in [2.45, 2.75) is 31.1 Å². The second-order valence-corrected chi connectivity index (χ2v) is 7.26. The molecule has 0 amide bonds. The molecule has 0 aliphatic heterocycles. The van der Waals surface area contributed by atoms with E-state index in [-0.39, 0.29) is 16.2 Å². The first kappa shape index (κ1) is 18.8. The highest BCUT2D eigenvalue weighted by Gasteiger charge is 2.19. The fourth-order valence-corrected chi connectivity index (χ4v) is 3.44. The Labute approximate surface area is 147 Å². The Kier molecular flexibility index (Phi) is 6.03. The Hall–Kier alpha value is -2.54. The largest absolute Gasteiger partial charge is 0.496 e.